The van der Waals surface area contributed by atoms with Gasteiger partial charge in [0.25, 0.3) is 0 Å². The quantitative estimate of drug-likeness (QED) is 0.705. The predicted molar refractivity (Wildman–Crippen MR) is 63.1 cm³/mol. The lowest BCUT2D eigenvalue weighted by Gasteiger charge is -2.18. The highest BCUT2D eigenvalue weighted by Gasteiger charge is 2.12. The van der Waals surface area contributed by atoms with Gasteiger partial charge >= 0.3 is 0 Å². The molecule has 0 unspecified atom stereocenters. The Kier molecular flexibility index (Phi) is 3.90. The second kappa shape index (κ2) is 4.99. The summed E-state index contributed by atoms with van der Waals surface area (Å²) in [6.45, 7) is 4.13. The number of hydrogen-bond acceptors (Lipinski definition) is 3. The van der Waals surface area contributed by atoms with E-state index in [0.717, 1.165) is 5.56 Å². The third-order valence-electron chi connectivity index (χ3n) is 2.02. The van der Waals surface area contributed by atoms with Crippen molar-refractivity contribution in [1.29, 1.82) is 0 Å². The van der Waals surface area contributed by atoms with E-state index in [2.05, 4.69) is 5.32 Å². The van der Waals surface area contributed by atoms with Crippen molar-refractivity contribution < 1.29 is 9.90 Å². The molecule has 0 saturated carbocycles. The molecule has 0 aromatic heterocycles. The second-order valence-corrected chi connectivity index (χ2v) is 4.61. The minimum Gasteiger partial charge on any atom is -0.508 e. The molecule has 4 nitrogen and oxygen atoms in total. The number of benzene rings is 1. The number of hydrogen-bond donors (Lipinski definition) is 3. The molecule has 0 fully saturated rings. The van der Waals surface area contributed by atoms with Crippen molar-refractivity contribution >= 4 is 5.91 Å². The summed E-state index contributed by atoms with van der Waals surface area (Å²) in [5.41, 5.74) is 6.12. The molecule has 1 amide bonds. The van der Waals surface area contributed by atoms with E-state index >= 15 is 0 Å². The van der Waals surface area contributed by atoms with Crippen LogP contribution in [0.5, 0.6) is 5.75 Å². The number of nitrogens with one attached hydrogen (secondary N) is 1. The van der Waals surface area contributed by atoms with Crippen LogP contribution in [0.25, 0.3) is 0 Å². The van der Waals surface area contributed by atoms with Gasteiger partial charge in [-0.05, 0) is 31.5 Å². The average Bonchev–Trinajstić information content (AvgIpc) is 2.14. The Morgan fingerprint density at radius 3 is 2.75 bits per heavy atom. The maximum absolute atomic E-state index is 11.5. The van der Waals surface area contributed by atoms with Crippen molar-refractivity contribution in [3.63, 3.8) is 0 Å². The fourth-order valence-corrected chi connectivity index (χ4v) is 1.24. The zero-order valence-electron chi connectivity index (χ0n) is 9.66. The smallest absolute Gasteiger partial charge is 0.224 e. The maximum Gasteiger partial charge on any atom is 0.224 e. The largest absolute Gasteiger partial charge is 0.508 e. The molecule has 0 aliphatic heterocycles. The van der Waals surface area contributed by atoms with Crippen LogP contribution in [0.15, 0.2) is 24.3 Å². The fourth-order valence-electron chi connectivity index (χ4n) is 1.24. The maximum atomic E-state index is 11.5. The van der Waals surface area contributed by atoms with Gasteiger partial charge in [0.05, 0.1) is 6.42 Å². The molecular weight excluding hydrogens is 204 g/mol. The molecule has 0 heterocycles. The van der Waals surface area contributed by atoms with Crippen LogP contribution in [-0.2, 0) is 11.2 Å². The first-order valence-corrected chi connectivity index (χ1v) is 5.20. The van der Waals surface area contributed by atoms with Crippen molar-refractivity contribution in [1.82, 2.24) is 5.32 Å². The second-order valence-electron chi connectivity index (χ2n) is 4.61. The van der Waals surface area contributed by atoms with Gasteiger partial charge in [0.15, 0.2) is 0 Å². The van der Waals surface area contributed by atoms with E-state index in [4.69, 9.17) is 5.73 Å². The van der Waals surface area contributed by atoms with E-state index < -0.39 is 5.54 Å². The topological polar surface area (TPSA) is 75.3 Å². The molecule has 0 atom stereocenters. The molecule has 0 spiro atoms. The van der Waals surface area contributed by atoms with Crippen LogP contribution in [-0.4, -0.2) is 23.1 Å². The molecule has 16 heavy (non-hydrogen) atoms. The molecule has 1 aromatic carbocycles. The lowest BCUT2D eigenvalue weighted by molar-refractivity contribution is -0.120. The van der Waals surface area contributed by atoms with Gasteiger partial charge in [-0.15, -0.1) is 0 Å². The summed E-state index contributed by atoms with van der Waals surface area (Å²) in [6, 6.07) is 6.66. The van der Waals surface area contributed by atoms with Crippen molar-refractivity contribution in [2.45, 2.75) is 25.8 Å². The number of nitrogens with two attached hydrogens (primary N) is 1. The lowest BCUT2D eigenvalue weighted by Crippen LogP contribution is -2.45. The number of phenolic OH excluding ortho intramolecular Hbond substituents is 1. The van der Waals surface area contributed by atoms with E-state index in [9.17, 15) is 9.90 Å². The van der Waals surface area contributed by atoms with Crippen LogP contribution in [0.1, 0.15) is 19.4 Å². The van der Waals surface area contributed by atoms with Gasteiger partial charge in [0.1, 0.15) is 5.75 Å². The SMILES string of the molecule is CC(C)(N)CNC(=O)Cc1cccc(O)c1. The molecule has 0 bridgehead atoms. The van der Waals surface area contributed by atoms with Crippen LogP contribution in [0, 0.1) is 0 Å². The van der Waals surface area contributed by atoms with Gasteiger partial charge in [-0.25, -0.2) is 0 Å². The Morgan fingerprint density at radius 1 is 1.50 bits per heavy atom. The molecule has 88 valence electrons. The van der Waals surface area contributed by atoms with Gasteiger partial charge in [-0.2, -0.15) is 0 Å². The van der Waals surface area contributed by atoms with Crippen LogP contribution in [0.2, 0.25) is 0 Å². The molecule has 4 N–H and O–H groups in total. The number of aromatic hydroxyl groups is 1. The summed E-state index contributed by atoms with van der Waals surface area (Å²) in [6.07, 6.45) is 0.254. The third kappa shape index (κ3) is 4.79. The Morgan fingerprint density at radius 2 is 2.19 bits per heavy atom. The molecule has 0 saturated heterocycles. The highest BCUT2D eigenvalue weighted by molar-refractivity contribution is 5.78. The minimum atomic E-state index is -0.408. The van der Waals surface area contributed by atoms with Crippen molar-refractivity contribution in [2.24, 2.45) is 5.73 Å². The lowest BCUT2D eigenvalue weighted by atomic mass is 10.1. The van der Waals surface area contributed by atoms with Gasteiger partial charge in [-0.1, -0.05) is 12.1 Å². The van der Waals surface area contributed by atoms with E-state index in [1.54, 1.807) is 24.3 Å². The zero-order valence-corrected chi connectivity index (χ0v) is 9.66. The van der Waals surface area contributed by atoms with Crippen molar-refractivity contribution in [3.8, 4) is 5.75 Å². The fraction of sp³-hybridized carbons (Fsp3) is 0.417. The molecule has 0 aliphatic rings. The molecule has 1 aromatic rings. The first-order chi connectivity index (χ1) is 7.37. The Labute approximate surface area is 95.5 Å². The summed E-state index contributed by atoms with van der Waals surface area (Å²) in [7, 11) is 0. The predicted octanol–water partition coefficient (Wildman–Crippen LogP) is 0.788. The molecule has 1 rings (SSSR count). The average molecular weight is 222 g/mol. The number of carbonyl (C=O) groups is 1. The van der Waals surface area contributed by atoms with E-state index in [1.807, 2.05) is 13.8 Å². The normalized spacial score (nSPS) is 11.2. The summed E-state index contributed by atoms with van der Waals surface area (Å²) < 4.78 is 0. The third-order valence-corrected chi connectivity index (χ3v) is 2.02. The number of amides is 1. The van der Waals surface area contributed by atoms with Gasteiger partial charge < -0.3 is 16.2 Å². The van der Waals surface area contributed by atoms with Crippen LogP contribution in [0.3, 0.4) is 0 Å². The monoisotopic (exact) mass is 222 g/mol. The number of phenols is 1. The Bertz CT molecular complexity index is 370. The summed E-state index contributed by atoms with van der Waals surface area (Å²) in [4.78, 5) is 11.5. The van der Waals surface area contributed by atoms with Crippen molar-refractivity contribution in [3.05, 3.63) is 29.8 Å². The van der Waals surface area contributed by atoms with Crippen LogP contribution < -0.4 is 11.1 Å². The summed E-state index contributed by atoms with van der Waals surface area (Å²) in [5.74, 6) is 0.0774. The first-order valence-electron chi connectivity index (χ1n) is 5.20. The Balaban J connectivity index is 2.46. The van der Waals surface area contributed by atoms with E-state index in [0.29, 0.717) is 6.54 Å². The number of rotatable bonds is 4. The zero-order chi connectivity index (χ0) is 12.2. The van der Waals surface area contributed by atoms with Gasteiger partial charge in [-0.3, -0.25) is 4.79 Å². The standard InChI is InChI=1S/C12H18N2O2/c1-12(2,13)8-14-11(16)7-9-4-3-5-10(15)6-9/h3-6,15H,7-8,13H2,1-2H3,(H,14,16). The van der Waals surface area contributed by atoms with Crippen LogP contribution >= 0.6 is 0 Å². The molecule has 4 heteroatoms. The van der Waals surface area contributed by atoms with Crippen molar-refractivity contribution in [2.75, 3.05) is 6.54 Å². The van der Waals surface area contributed by atoms with E-state index in [-0.39, 0.29) is 18.1 Å². The first kappa shape index (κ1) is 12.5. The van der Waals surface area contributed by atoms with E-state index in [1.165, 1.54) is 0 Å². The molecular formula is C12H18N2O2. The summed E-state index contributed by atoms with van der Waals surface area (Å²) in [5, 5.41) is 12.0. The molecule has 0 radical (unpaired) electrons. The summed E-state index contributed by atoms with van der Waals surface area (Å²) >= 11 is 0. The number of carbonyl (C=O) groups excluding carboxylic acids is 1. The highest BCUT2D eigenvalue weighted by Crippen LogP contribution is 2.11. The molecule has 0 aliphatic carbocycles. The van der Waals surface area contributed by atoms with Gasteiger partial charge in [0.2, 0.25) is 5.91 Å². The Hall–Kier alpha value is -1.55. The highest BCUT2D eigenvalue weighted by atomic mass is 16.3. The van der Waals surface area contributed by atoms with Gasteiger partial charge in [0, 0.05) is 12.1 Å². The van der Waals surface area contributed by atoms with Crippen LogP contribution in [0.4, 0.5) is 0 Å². The minimum absolute atomic E-state index is 0.0934.